The standard InChI is InChI=1S/C28H31N7O3S/c29-14-12-19-8-10-21(11-9-19)35-26(18-38-33-25(30)16-20-6-7-20)32-24-17-31-28-23(27(24)35)13-15-34(28)39(36,37)22-4-2-1-3-5-22/h1-5,13,15,17,19-21H,6-12,16,18H2,(H2,30,33). The molecule has 3 aromatic heterocycles. The molecule has 2 fully saturated rings. The van der Waals surface area contributed by atoms with Crippen LogP contribution in [0.15, 0.2) is 58.8 Å². The van der Waals surface area contributed by atoms with E-state index in [2.05, 4.69) is 20.8 Å². The minimum Gasteiger partial charge on any atom is -0.386 e. The van der Waals surface area contributed by atoms with E-state index in [4.69, 9.17) is 20.8 Å². The van der Waals surface area contributed by atoms with E-state index >= 15 is 0 Å². The maximum absolute atomic E-state index is 13.4. The van der Waals surface area contributed by atoms with Crippen molar-refractivity contribution >= 4 is 37.9 Å². The van der Waals surface area contributed by atoms with Gasteiger partial charge >= 0.3 is 0 Å². The number of benzene rings is 1. The molecule has 0 unspecified atom stereocenters. The summed E-state index contributed by atoms with van der Waals surface area (Å²) in [6.07, 6.45) is 10.5. The number of oxime groups is 1. The van der Waals surface area contributed by atoms with E-state index in [9.17, 15) is 8.42 Å². The Morgan fingerprint density at radius 1 is 1.10 bits per heavy atom. The fraction of sp³-hybridized carbons (Fsp3) is 0.429. The molecule has 1 aromatic carbocycles. The van der Waals surface area contributed by atoms with Crippen LogP contribution in [0.2, 0.25) is 0 Å². The summed E-state index contributed by atoms with van der Waals surface area (Å²) in [5, 5.41) is 14.0. The summed E-state index contributed by atoms with van der Waals surface area (Å²) in [4.78, 5) is 15.3. The molecule has 10 nitrogen and oxygen atoms in total. The maximum Gasteiger partial charge on any atom is 0.269 e. The van der Waals surface area contributed by atoms with Crippen LogP contribution in [-0.4, -0.2) is 32.8 Å². The van der Waals surface area contributed by atoms with Gasteiger partial charge in [0.15, 0.2) is 18.1 Å². The van der Waals surface area contributed by atoms with Gasteiger partial charge in [-0.3, -0.25) is 0 Å². The summed E-state index contributed by atoms with van der Waals surface area (Å²) >= 11 is 0. The summed E-state index contributed by atoms with van der Waals surface area (Å²) in [7, 11) is -3.83. The van der Waals surface area contributed by atoms with Crippen LogP contribution in [0, 0.1) is 23.2 Å². The van der Waals surface area contributed by atoms with Gasteiger partial charge in [0, 0.05) is 30.5 Å². The summed E-state index contributed by atoms with van der Waals surface area (Å²) in [5.74, 6) is 2.20. The first kappa shape index (κ1) is 25.4. The Bertz CT molecular complexity index is 1670. The van der Waals surface area contributed by atoms with Crippen LogP contribution in [0.1, 0.15) is 63.2 Å². The number of pyridine rings is 1. The van der Waals surface area contributed by atoms with E-state index in [0.29, 0.717) is 46.5 Å². The highest BCUT2D eigenvalue weighted by atomic mass is 32.2. The maximum atomic E-state index is 13.4. The number of imidazole rings is 1. The van der Waals surface area contributed by atoms with E-state index in [1.54, 1.807) is 48.8 Å². The van der Waals surface area contributed by atoms with E-state index in [1.165, 1.54) is 16.8 Å². The van der Waals surface area contributed by atoms with E-state index < -0.39 is 10.0 Å². The van der Waals surface area contributed by atoms with Gasteiger partial charge in [0.25, 0.3) is 10.0 Å². The molecule has 0 amide bonds. The summed E-state index contributed by atoms with van der Waals surface area (Å²) < 4.78 is 30.3. The minimum absolute atomic E-state index is 0.135. The topological polar surface area (TPSA) is 141 Å². The predicted octanol–water partition coefficient (Wildman–Crippen LogP) is 4.86. The van der Waals surface area contributed by atoms with Crippen molar-refractivity contribution in [3.8, 4) is 6.07 Å². The number of fused-ring (bicyclic) bond motifs is 3. The molecule has 0 spiro atoms. The molecule has 2 aliphatic rings. The minimum atomic E-state index is -3.83. The van der Waals surface area contributed by atoms with Crippen molar-refractivity contribution in [1.29, 1.82) is 5.26 Å². The second-order valence-electron chi connectivity index (χ2n) is 10.6. The summed E-state index contributed by atoms with van der Waals surface area (Å²) in [5.41, 5.74) is 7.90. The molecule has 11 heteroatoms. The van der Waals surface area contributed by atoms with E-state index in [0.717, 1.165) is 37.6 Å². The average molecular weight is 546 g/mol. The van der Waals surface area contributed by atoms with Crippen molar-refractivity contribution in [2.75, 3.05) is 0 Å². The van der Waals surface area contributed by atoms with Gasteiger partial charge in [-0.05, 0) is 68.6 Å². The van der Waals surface area contributed by atoms with Gasteiger partial charge in [-0.1, -0.05) is 23.4 Å². The van der Waals surface area contributed by atoms with Gasteiger partial charge in [-0.15, -0.1) is 0 Å². The van der Waals surface area contributed by atoms with Crippen molar-refractivity contribution in [1.82, 2.24) is 18.5 Å². The second-order valence-corrected chi connectivity index (χ2v) is 12.4. The van der Waals surface area contributed by atoms with Crippen molar-refractivity contribution in [2.45, 2.75) is 68.9 Å². The fourth-order valence-electron chi connectivity index (χ4n) is 5.66. The molecule has 39 heavy (non-hydrogen) atoms. The van der Waals surface area contributed by atoms with E-state index in [-0.39, 0.29) is 17.5 Å². The lowest BCUT2D eigenvalue weighted by Crippen LogP contribution is -2.20. The third kappa shape index (κ3) is 4.96. The van der Waals surface area contributed by atoms with Crippen LogP contribution in [0.5, 0.6) is 0 Å². The monoisotopic (exact) mass is 545 g/mol. The Labute approximate surface area is 227 Å². The molecule has 0 atom stereocenters. The van der Waals surface area contributed by atoms with Gasteiger partial charge in [0.2, 0.25) is 0 Å². The molecule has 0 saturated heterocycles. The molecule has 4 aromatic rings. The van der Waals surface area contributed by atoms with Crippen LogP contribution < -0.4 is 5.73 Å². The van der Waals surface area contributed by atoms with Crippen LogP contribution in [0.3, 0.4) is 0 Å². The van der Waals surface area contributed by atoms with Crippen molar-refractivity contribution in [3.63, 3.8) is 0 Å². The lowest BCUT2D eigenvalue weighted by molar-refractivity contribution is 0.118. The summed E-state index contributed by atoms with van der Waals surface area (Å²) in [6, 6.07) is 12.6. The van der Waals surface area contributed by atoms with Crippen molar-refractivity contribution in [3.05, 3.63) is 54.6 Å². The van der Waals surface area contributed by atoms with Gasteiger partial charge in [0.05, 0.1) is 22.7 Å². The highest BCUT2D eigenvalue weighted by Gasteiger charge is 2.29. The molecular formula is C28H31N7O3S. The highest BCUT2D eigenvalue weighted by Crippen LogP contribution is 2.38. The molecule has 6 rings (SSSR count). The Morgan fingerprint density at radius 3 is 2.56 bits per heavy atom. The third-order valence-corrected chi connectivity index (χ3v) is 9.51. The first-order valence-electron chi connectivity index (χ1n) is 13.4. The number of rotatable bonds is 9. The first-order chi connectivity index (χ1) is 19.0. The van der Waals surface area contributed by atoms with Gasteiger partial charge in [0.1, 0.15) is 11.4 Å². The van der Waals surface area contributed by atoms with Gasteiger partial charge in [-0.25, -0.2) is 22.4 Å². The number of aromatic nitrogens is 4. The Morgan fingerprint density at radius 2 is 1.85 bits per heavy atom. The smallest absolute Gasteiger partial charge is 0.269 e. The summed E-state index contributed by atoms with van der Waals surface area (Å²) in [6.45, 7) is 0.142. The normalized spacial score (nSPS) is 20.3. The average Bonchev–Trinajstić information content (AvgIpc) is 3.51. The molecule has 0 aliphatic heterocycles. The zero-order valence-electron chi connectivity index (χ0n) is 21.6. The Balaban J connectivity index is 1.41. The lowest BCUT2D eigenvalue weighted by Gasteiger charge is -2.29. The number of nitrogens with zero attached hydrogens (tertiary/aromatic N) is 6. The van der Waals surface area contributed by atoms with Crippen LogP contribution in [0.25, 0.3) is 22.1 Å². The lowest BCUT2D eigenvalue weighted by atomic mass is 9.84. The highest BCUT2D eigenvalue weighted by molar-refractivity contribution is 7.90. The number of amidine groups is 1. The van der Waals surface area contributed by atoms with Crippen molar-refractivity contribution in [2.24, 2.45) is 22.7 Å². The predicted molar refractivity (Wildman–Crippen MR) is 147 cm³/mol. The quantitative estimate of drug-likeness (QED) is 0.180. The molecule has 3 heterocycles. The SMILES string of the molecule is N#CCC1CCC(n2c(CON=C(N)CC3CC3)nc3cnc4c(ccn4S(=O)(=O)c4ccccc4)c32)CC1. The number of nitrogens with two attached hydrogens (primary N) is 1. The zero-order chi connectivity index (χ0) is 27.0. The zero-order valence-corrected chi connectivity index (χ0v) is 22.4. The molecule has 0 bridgehead atoms. The Kier molecular flexibility index (Phi) is 6.73. The van der Waals surface area contributed by atoms with Crippen LogP contribution >= 0.6 is 0 Å². The van der Waals surface area contributed by atoms with Gasteiger partial charge in [-0.2, -0.15) is 5.26 Å². The second kappa shape index (κ2) is 10.3. The molecular weight excluding hydrogens is 514 g/mol. The largest absolute Gasteiger partial charge is 0.386 e. The van der Waals surface area contributed by atoms with Crippen molar-refractivity contribution < 1.29 is 13.3 Å². The number of hydrogen-bond acceptors (Lipinski definition) is 7. The fourth-order valence-corrected chi connectivity index (χ4v) is 6.98. The Hall–Kier alpha value is -3.91. The molecule has 2 aliphatic carbocycles. The third-order valence-electron chi connectivity index (χ3n) is 7.83. The molecule has 202 valence electrons. The molecule has 2 N–H and O–H groups in total. The van der Waals surface area contributed by atoms with Crippen LogP contribution in [-0.2, 0) is 21.5 Å². The van der Waals surface area contributed by atoms with Crippen LogP contribution in [0.4, 0.5) is 0 Å². The number of hydrogen-bond donors (Lipinski definition) is 1. The van der Waals surface area contributed by atoms with Gasteiger partial charge < -0.3 is 15.1 Å². The number of nitriles is 1. The molecule has 2 saturated carbocycles. The van der Waals surface area contributed by atoms with E-state index in [1.807, 2.05) is 0 Å². The first-order valence-corrected chi connectivity index (χ1v) is 14.9. The molecule has 0 radical (unpaired) electrons.